The molecular formula is C19H15N5O4S. The summed E-state index contributed by atoms with van der Waals surface area (Å²) in [6, 6.07) is 10.8. The standard InChI is InChI=1S/C19H15N5O4S/c25-17(15-6-1-2-8-20-15)22-19-21-14-7-9-23(11-16(14)29-19)18(26)12-4-3-5-13(10-12)24(27)28/h1-6,8,10H,7,9,11H2,(H,21,22,25). The molecule has 29 heavy (non-hydrogen) atoms. The summed E-state index contributed by atoms with van der Waals surface area (Å²) in [5.74, 6) is -0.618. The van der Waals surface area contributed by atoms with E-state index in [0.29, 0.717) is 30.3 Å². The van der Waals surface area contributed by atoms with Crippen molar-refractivity contribution in [3.8, 4) is 0 Å². The van der Waals surface area contributed by atoms with Gasteiger partial charge in [0.15, 0.2) is 5.13 Å². The van der Waals surface area contributed by atoms with Gasteiger partial charge in [0.2, 0.25) is 0 Å². The first-order valence-electron chi connectivity index (χ1n) is 8.76. The highest BCUT2D eigenvalue weighted by atomic mass is 32.1. The summed E-state index contributed by atoms with van der Waals surface area (Å²) < 4.78 is 0. The number of hydrogen-bond acceptors (Lipinski definition) is 7. The maximum atomic E-state index is 12.8. The van der Waals surface area contributed by atoms with Crippen molar-refractivity contribution in [2.45, 2.75) is 13.0 Å². The van der Waals surface area contributed by atoms with E-state index in [-0.39, 0.29) is 23.1 Å². The predicted molar refractivity (Wildman–Crippen MR) is 106 cm³/mol. The van der Waals surface area contributed by atoms with Crippen LogP contribution in [0.4, 0.5) is 10.8 Å². The minimum atomic E-state index is -0.523. The number of rotatable bonds is 4. The number of fused-ring (bicyclic) bond motifs is 1. The number of hydrogen-bond donors (Lipinski definition) is 1. The number of carbonyl (C=O) groups is 2. The summed E-state index contributed by atoms with van der Waals surface area (Å²) in [4.78, 5) is 46.4. The molecule has 3 heterocycles. The van der Waals surface area contributed by atoms with Gasteiger partial charge < -0.3 is 4.90 Å². The Morgan fingerprint density at radius 3 is 2.83 bits per heavy atom. The van der Waals surface area contributed by atoms with Crippen LogP contribution >= 0.6 is 11.3 Å². The quantitative estimate of drug-likeness (QED) is 0.523. The van der Waals surface area contributed by atoms with Gasteiger partial charge in [0.1, 0.15) is 5.69 Å². The van der Waals surface area contributed by atoms with Gasteiger partial charge in [-0.3, -0.25) is 30.0 Å². The molecule has 0 saturated carbocycles. The topological polar surface area (TPSA) is 118 Å². The molecule has 0 unspecified atom stereocenters. The fourth-order valence-corrected chi connectivity index (χ4v) is 4.03. The van der Waals surface area contributed by atoms with E-state index in [4.69, 9.17) is 0 Å². The Kier molecular flexibility index (Phi) is 5.00. The maximum absolute atomic E-state index is 12.8. The molecule has 0 bridgehead atoms. The Morgan fingerprint density at radius 2 is 2.07 bits per heavy atom. The third-order valence-electron chi connectivity index (χ3n) is 4.44. The number of anilines is 1. The Morgan fingerprint density at radius 1 is 1.21 bits per heavy atom. The van der Waals surface area contributed by atoms with Crippen molar-refractivity contribution in [3.63, 3.8) is 0 Å². The Bertz CT molecular complexity index is 1100. The number of nitro groups is 1. The van der Waals surface area contributed by atoms with Crippen LogP contribution in [0.15, 0.2) is 48.7 Å². The minimum Gasteiger partial charge on any atom is -0.333 e. The maximum Gasteiger partial charge on any atom is 0.276 e. The fraction of sp³-hybridized carbons (Fsp3) is 0.158. The van der Waals surface area contributed by atoms with Crippen LogP contribution in [0, 0.1) is 10.1 Å². The fourth-order valence-electron chi connectivity index (χ4n) is 3.02. The average Bonchev–Trinajstić information content (AvgIpc) is 3.15. The normalized spacial score (nSPS) is 12.9. The van der Waals surface area contributed by atoms with E-state index in [2.05, 4.69) is 15.3 Å². The third-order valence-corrected chi connectivity index (χ3v) is 5.44. The van der Waals surface area contributed by atoms with Crippen LogP contribution < -0.4 is 5.32 Å². The van der Waals surface area contributed by atoms with E-state index in [0.717, 1.165) is 10.6 Å². The molecule has 0 radical (unpaired) electrons. The zero-order valence-corrected chi connectivity index (χ0v) is 15.9. The lowest BCUT2D eigenvalue weighted by atomic mass is 10.1. The number of nitrogens with one attached hydrogen (secondary N) is 1. The zero-order chi connectivity index (χ0) is 20.4. The lowest BCUT2D eigenvalue weighted by Crippen LogP contribution is -2.35. The molecule has 9 nitrogen and oxygen atoms in total. The van der Waals surface area contributed by atoms with Gasteiger partial charge in [-0.15, -0.1) is 0 Å². The molecule has 1 aliphatic heterocycles. The number of amides is 2. The SMILES string of the molecule is O=C(Nc1nc2c(s1)CN(C(=O)c1cccc([N+](=O)[O-])c1)CC2)c1ccccn1. The van der Waals surface area contributed by atoms with Gasteiger partial charge in [-0.05, 0) is 18.2 Å². The average molecular weight is 409 g/mol. The first-order chi connectivity index (χ1) is 14.0. The molecule has 1 N–H and O–H groups in total. The molecule has 146 valence electrons. The minimum absolute atomic E-state index is 0.120. The summed E-state index contributed by atoms with van der Waals surface area (Å²) in [7, 11) is 0. The second-order valence-electron chi connectivity index (χ2n) is 6.34. The van der Waals surface area contributed by atoms with Crippen LogP contribution in [0.3, 0.4) is 0 Å². The van der Waals surface area contributed by atoms with Crippen LogP contribution in [0.25, 0.3) is 0 Å². The second kappa shape index (κ2) is 7.76. The molecular weight excluding hydrogens is 394 g/mol. The molecule has 1 aromatic carbocycles. The Balaban J connectivity index is 1.48. The molecule has 3 aromatic rings. The second-order valence-corrected chi connectivity index (χ2v) is 7.43. The Hall–Kier alpha value is -3.66. The van der Waals surface area contributed by atoms with Crippen molar-refractivity contribution in [2.24, 2.45) is 0 Å². The monoisotopic (exact) mass is 409 g/mol. The molecule has 4 rings (SSSR count). The number of carbonyl (C=O) groups excluding carboxylic acids is 2. The highest BCUT2D eigenvalue weighted by Crippen LogP contribution is 2.29. The predicted octanol–water partition coefficient (Wildman–Crippen LogP) is 2.90. The number of non-ortho nitro benzene ring substituents is 1. The van der Waals surface area contributed by atoms with Gasteiger partial charge in [0.25, 0.3) is 17.5 Å². The number of nitro benzene ring substituents is 1. The first-order valence-corrected chi connectivity index (χ1v) is 9.57. The third kappa shape index (κ3) is 3.97. The van der Waals surface area contributed by atoms with Crippen LogP contribution in [0.1, 0.15) is 31.4 Å². The van der Waals surface area contributed by atoms with Crippen molar-refractivity contribution in [3.05, 3.63) is 80.6 Å². The number of thiazole rings is 1. The van der Waals surface area contributed by atoms with E-state index >= 15 is 0 Å². The largest absolute Gasteiger partial charge is 0.333 e. The van der Waals surface area contributed by atoms with Crippen LogP contribution in [0.2, 0.25) is 0 Å². The van der Waals surface area contributed by atoms with Crippen molar-refractivity contribution in [1.82, 2.24) is 14.9 Å². The van der Waals surface area contributed by atoms with Crippen molar-refractivity contribution in [2.75, 3.05) is 11.9 Å². The molecule has 1 aliphatic rings. The molecule has 0 fully saturated rings. The Labute approximate surface area is 169 Å². The molecule has 0 saturated heterocycles. The lowest BCUT2D eigenvalue weighted by molar-refractivity contribution is -0.384. The van der Waals surface area contributed by atoms with E-state index in [1.165, 1.54) is 29.5 Å². The van der Waals surface area contributed by atoms with Crippen molar-refractivity contribution < 1.29 is 14.5 Å². The van der Waals surface area contributed by atoms with Gasteiger partial charge in [0.05, 0.1) is 17.2 Å². The van der Waals surface area contributed by atoms with Crippen molar-refractivity contribution >= 4 is 34.0 Å². The summed E-state index contributed by atoms with van der Waals surface area (Å²) in [6.45, 7) is 0.792. The molecule has 0 spiro atoms. The summed E-state index contributed by atoms with van der Waals surface area (Å²) in [5.41, 5.74) is 1.29. The molecule has 2 aromatic heterocycles. The molecule has 0 atom stereocenters. The number of aromatic nitrogens is 2. The summed E-state index contributed by atoms with van der Waals surface area (Å²) in [6.07, 6.45) is 2.09. The first kappa shape index (κ1) is 18.7. The highest BCUT2D eigenvalue weighted by molar-refractivity contribution is 7.15. The highest BCUT2D eigenvalue weighted by Gasteiger charge is 2.26. The molecule has 2 amide bonds. The molecule has 10 heteroatoms. The lowest BCUT2D eigenvalue weighted by Gasteiger charge is -2.26. The number of benzene rings is 1. The van der Waals surface area contributed by atoms with Crippen LogP contribution in [0.5, 0.6) is 0 Å². The van der Waals surface area contributed by atoms with Gasteiger partial charge in [0, 0.05) is 41.7 Å². The molecule has 0 aliphatic carbocycles. The van der Waals surface area contributed by atoms with E-state index in [9.17, 15) is 19.7 Å². The van der Waals surface area contributed by atoms with Gasteiger partial charge >= 0.3 is 0 Å². The van der Waals surface area contributed by atoms with E-state index in [1.54, 1.807) is 35.4 Å². The number of pyridine rings is 1. The number of nitrogens with zero attached hydrogens (tertiary/aromatic N) is 4. The van der Waals surface area contributed by atoms with Gasteiger partial charge in [-0.1, -0.05) is 23.5 Å². The van der Waals surface area contributed by atoms with Crippen LogP contribution in [-0.4, -0.2) is 38.2 Å². The summed E-state index contributed by atoms with van der Waals surface area (Å²) >= 11 is 1.31. The van der Waals surface area contributed by atoms with Gasteiger partial charge in [-0.2, -0.15) is 0 Å². The zero-order valence-electron chi connectivity index (χ0n) is 15.1. The van der Waals surface area contributed by atoms with E-state index < -0.39 is 4.92 Å². The smallest absolute Gasteiger partial charge is 0.276 e. The van der Waals surface area contributed by atoms with E-state index in [1.807, 2.05) is 0 Å². The van der Waals surface area contributed by atoms with Gasteiger partial charge in [-0.25, -0.2) is 4.98 Å². The van der Waals surface area contributed by atoms with Crippen molar-refractivity contribution in [1.29, 1.82) is 0 Å². The summed E-state index contributed by atoms with van der Waals surface area (Å²) in [5, 5.41) is 14.1. The van der Waals surface area contributed by atoms with Crippen LogP contribution in [-0.2, 0) is 13.0 Å².